The molecule has 1 N–H and O–H groups in total. The van der Waals surface area contributed by atoms with Crippen LogP contribution in [-0.4, -0.2) is 13.0 Å². The van der Waals surface area contributed by atoms with Crippen molar-refractivity contribution in [3.05, 3.63) is 120 Å². The molecule has 0 aliphatic carbocycles. The van der Waals surface area contributed by atoms with Gasteiger partial charge in [0.05, 0.1) is 7.11 Å². The third kappa shape index (κ3) is 6.40. The number of amides is 1. The van der Waals surface area contributed by atoms with Gasteiger partial charge in [0.1, 0.15) is 18.1 Å². The minimum Gasteiger partial charge on any atom is -0.496 e. The first-order chi connectivity index (χ1) is 16.2. The topological polar surface area (TPSA) is 47.6 Å². The first kappa shape index (κ1) is 22.5. The minimum absolute atomic E-state index is 0.165. The fraction of sp³-hybridized carbons (Fsp3) is 0.107. The van der Waals surface area contributed by atoms with E-state index in [0.717, 1.165) is 22.6 Å². The summed E-state index contributed by atoms with van der Waals surface area (Å²) in [6.07, 6.45) is 0. The highest BCUT2D eigenvalue weighted by atomic mass is 32.2. The van der Waals surface area contributed by atoms with Crippen LogP contribution in [0.15, 0.2) is 108 Å². The Bertz CT molecular complexity index is 1180. The summed E-state index contributed by atoms with van der Waals surface area (Å²) in [6, 6.07) is 33.1. The first-order valence-electron chi connectivity index (χ1n) is 10.6. The molecular formula is C28H25NO3S. The van der Waals surface area contributed by atoms with Gasteiger partial charge in [-0.3, -0.25) is 4.79 Å². The van der Waals surface area contributed by atoms with E-state index in [2.05, 4.69) is 17.4 Å². The Morgan fingerprint density at radius 3 is 2.24 bits per heavy atom. The molecule has 0 atom stereocenters. The van der Waals surface area contributed by atoms with Gasteiger partial charge in [0, 0.05) is 27.5 Å². The van der Waals surface area contributed by atoms with E-state index in [0.29, 0.717) is 23.6 Å². The van der Waals surface area contributed by atoms with Crippen molar-refractivity contribution in [1.29, 1.82) is 0 Å². The standard InChI is InChI=1S/C28H25NO3S/c1-31-27-17-12-22(18-23(27)20-33-26-10-6-3-7-11-26)28(30)29-24-13-15-25(16-14-24)32-19-21-8-4-2-5-9-21/h2-18H,19-20H2,1H3,(H,29,30). The van der Waals surface area contributed by atoms with Gasteiger partial charge in [-0.25, -0.2) is 0 Å². The van der Waals surface area contributed by atoms with Crippen molar-refractivity contribution in [3.8, 4) is 11.5 Å². The Balaban J connectivity index is 1.38. The second-order valence-corrected chi connectivity index (χ2v) is 8.43. The summed E-state index contributed by atoms with van der Waals surface area (Å²) in [5.41, 5.74) is 3.38. The maximum atomic E-state index is 12.8. The smallest absolute Gasteiger partial charge is 0.255 e. The molecule has 0 heterocycles. The van der Waals surface area contributed by atoms with E-state index in [1.807, 2.05) is 84.9 Å². The predicted molar refractivity (Wildman–Crippen MR) is 134 cm³/mol. The highest BCUT2D eigenvalue weighted by molar-refractivity contribution is 7.98. The van der Waals surface area contributed by atoms with Crippen LogP contribution in [0.25, 0.3) is 0 Å². The maximum absolute atomic E-state index is 12.8. The summed E-state index contributed by atoms with van der Waals surface area (Å²) in [6.45, 7) is 0.502. The van der Waals surface area contributed by atoms with Crippen molar-refractivity contribution in [3.63, 3.8) is 0 Å². The number of hydrogen-bond acceptors (Lipinski definition) is 4. The average Bonchev–Trinajstić information content (AvgIpc) is 2.88. The number of carbonyl (C=O) groups excluding carboxylic acids is 1. The second-order valence-electron chi connectivity index (χ2n) is 7.38. The van der Waals surface area contributed by atoms with E-state index in [-0.39, 0.29) is 5.91 Å². The van der Waals surface area contributed by atoms with E-state index in [1.165, 1.54) is 4.90 Å². The summed E-state index contributed by atoms with van der Waals surface area (Å²) in [7, 11) is 1.65. The van der Waals surface area contributed by atoms with Crippen molar-refractivity contribution in [2.75, 3.05) is 12.4 Å². The quantitative estimate of drug-likeness (QED) is 0.281. The Morgan fingerprint density at radius 2 is 1.55 bits per heavy atom. The molecular weight excluding hydrogens is 430 g/mol. The Morgan fingerprint density at radius 1 is 0.848 bits per heavy atom. The van der Waals surface area contributed by atoms with Gasteiger partial charge in [-0.2, -0.15) is 0 Å². The molecule has 4 aromatic rings. The van der Waals surface area contributed by atoms with E-state index in [9.17, 15) is 4.79 Å². The molecule has 166 valence electrons. The summed E-state index contributed by atoms with van der Waals surface area (Å²) in [4.78, 5) is 14.0. The number of hydrogen-bond donors (Lipinski definition) is 1. The van der Waals surface area contributed by atoms with E-state index in [1.54, 1.807) is 24.9 Å². The van der Waals surface area contributed by atoms with Crippen LogP contribution in [0.4, 0.5) is 5.69 Å². The average molecular weight is 456 g/mol. The van der Waals surface area contributed by atoms with Gasteiger partial charge in [-0.05, 0) is 60.2 Å². The summed E-state index contributed by atoms with van der Waals surface area (Å²) >= 11 is 1.71. The van der Waals surface area contributed by atoms with Gasteiger partial charge in [0.15, 0.2) is 0 Å². The molecule has 0 fully saturated rings. The highest BCUT2D eigenvalue weighted by Crippen LogP contribution is 2.29. The van der Waals surface area contributed by atoms with Crippen LogP contribution >= 0.6 is 11.8 Å². The number of rotatable bonds is 9. The number of carbonyl (C=O) groups is 1. The van der Waals surface area contributed by atoms with Gasteiger partial charge < -0.3 is 14.8 Å². The molecule has 1 amide bonds. The monoisotopic (exact) mass is 455 g/mol. The molecule has 0 aliphatic heterocycles. The molecule has 0 aromatic heterocycles. The third-order valence-electron chi connectivity index (χ3n) is 5.04. The van der Waals surface area contributed by atoms with E-state index in [4.69, 9.17) is 9.47 Å². The van der Waals surface area contributed by atoms with Gasteiger partial charge in [-0.1, -0.05) is 48.5 Å². The van der Waals surface area contributed by atoms with Gasteiger partial charge in [-0.15, -0.1) is 11.8 Å². The molecule has 4 aromatic carbocycles. The van der Waals surface area contributed by atoms with Gasteiger partial charge >= 0.3 is 0 Å². The predicted octanol–water partition coefficient (Wildman–Crippen LogP) is 6.82. The fourth-order valence-corrected chi connectivity index (χ4v) is 4.19. The summed E-state index contributed by atoms with van der Waals surface area (Å²) in [5, 5.41) is 2.96. The van der Waals surface area contributed by atoms with E-state index >= 15 is 0 Å². The van der Waals surface area contributed by atoms with Crippen LogP contribution < -0.4 is 14.8 Å². The van der Waals surface area contributed by atoms with Gasteiger partial charge in [0.25, 0.3) is 5.91 Å². The molecule has 0 spiro atoms. The Labute approximate surface area is 198 Å². The van der Waals surface area contributed by atoms with Crippen LogP contribution in [-0.2, 0) is 12.4 Å². The second kappa shape index (κ2) is 11.2. The van der Waals surface area contributed by atoms with Crippen molar-refractivity contribution < 1.29 is 14.3 Å². The minimum atomic E-state index is -0.165. The third-order valence-corrected chi connectivity index (χ3v) is 6.10. The SMILES string of the molecule is COc1ccc(C(=O)Nc2ccc(OCc3ccccc3)cc2)cc1CSc1ccccc1. The molecule has 0 bridgehead atoms. The molecule has 0 saturated carbocycles. The number of anilines is 1. The lowest BCUT2D eigenvalue weighted by Crippen LogP contribution is -2.12. The maximum Gasteiger partial charge on any atom is 0.255 e. The zero-order chi connectivity index (χ0) is 22.9. The van der Waals surface area contributed by atoms with Crippen LogP contribution in [0.2, 0.25) is 0 Å². The molecule has 5 heteroatoms. The lowest BCUT2D eigenvalue weighted by molar-refractivity contribution is 0.102. The van der Waals surface area contributed by atoms with E-state index < -0.39 is 0 Å². The largest absolute Gasteiger partial charge is 0.496 e. The van der Waals surface area contributed by atoms with Crippen LogP contribution in [0.1, 0.15) is 21.5 Å². The lowest BCUT2D eigenvalue weighted by Gasteiger charge is -2.12. The van der Waals surface area contributed by atoms with Crippen molar-refractivity contribution in [1.82, 2.24) is 0 Å². The van der Waals surface area contributed by atoms with Gasteiger partial charge in [0.2, 0.25) is 0 Å². The number of methoxy groups -OCH3 is 1. The Hall–Kier alpha value is -3.70. The number of benzene rings is 4. The van der Waals surface area contributed by atoms with Crippen LogP contribution in [0, 0.1) is 0 Å². The lowest BCUT2D eigenvalue weighted by atomic mass is 10.1. The molecule has 4 rings (SSSR count). The molecule has 33 heavy (non-hydrogen) atoms. The molecule has 0 saturated heterocycles. The normalized spacial score (nSPS) is 10.5. The zero-order valence-electron chi connectivity index (χ0n) is 18.4. The van der Waals surface area contributed by atoms with Crippen molar-refractivity contribution in [2.45, 2.75) is 17.3 Å². The van der Waals surface area contributed by atoms with Crippen molar-refractivity contribution >= 4 is 23.4 Å². The molecule has 0 unspecified atom stereocenters. The number of ether oxygens (including phenoxy) is 2. The van der Waals surface area contributed by atoms with Crippen molar-refractivity contribution in [2.24, 2.45) is 0 Å². The van der Waals surface area contributed by atoms with Crippen LogP contribution in [0.3, 0.4) is 0 Å². The Kier molecular flexibility index (Phi) is 7.67. The zero-order valence-corrected chi connectivity index (χ0v) is 19.2. The number of thioether (sulfide) groups is 1. The number of nitrogens with one attached hydrogen (secondary N) is 1. The fourth-order valence-electron chi connectivity index (χ4n) is 3.29. The molecule has 0 radical (unpaired) electrons. The summed E-state index contributed by atoms with van der Waals surface area (Å²) < 4.78 is 11.3. The summed E-state index contributed by atoms with van der Waals surface area (Å²) in [5.74, 6) is 2.07. The molecule has 4 nitrogen and oxygen atoms in total. The molecule has 0 aliphatic rings. The van der Waals surface area contributed by atoms with Crippen LogP contribution in [0.5, 0.6) is 11.5 Å². The highest BCUT2D eigenvalue weighted by Gasteiger charge is 2.11. The first-order valence-corrected chi connectivity index (χ1v) is 11.6.